The summed E-state index contributed by atoms with van der Waals surface area (Å²) in [4.78, 5) is 37.5. The fraction of sp³-hybridized carbons (Fsp3) is 0.850. The topological polar surface area (TPSA) is 152 Å². The van der Waals surface area contributed by atoms with Gasteiger partial charge < -0.3 is 25.5 Å². The maximum Gasteiger partial charge on any atom is 0.310 e. The monoisotopic (exact) mass is 396 g/mol. The fourth-order valence-corrected chi connectivity index (χ4v) is 8.17. The third-order valence-corrected chi connectivity index (χ3v) is 9.05. The molecule has 4 fully saturated rings. The van der Waals surface area contributed by atoms with Crippen LogP contribution in [0.3, 0.4) is 0 Å². The number of fused-ring (bicyclic) bond motifs is 3. The molecule has 0 aromatic rings. The van der Waals surface area contributed by atoms with Crippen LogP contribution in [-0.4, -0.2) is 55.6 Å². The van der Waals surface area contributed by atoms with Crippen molar-refractivity contribution in [1.82, 2.24) is 0 Å². The Labute approximate surface area is 162 Å². The van der Waals surface area contributed by atoms with Crippen molar-refractivity contribution < 1.29 is 39.9 Å². The number of hydrogen-bond acceptors (Lipinski definition) is 5. The Bertz CT molecular complexity index is 750. The summed E-state index contributed by atoms with van der Waals surface area (Å²) in [5.74, 6) is -6.48. The highest BCUT2D eigenvalue weighted by Gasteiger charge is 2.80. The molecule has 8 atom stereocenters. The van der Waals surface area contributed by atoms with Gasteiger partial charge in [0.25, 0.3) is 0 Å². The van der Waals surface area contributed by atoms with Gasteiger partial charge in [0, 0.05) is 5.92 Å². The van der Waals surface area contributed by atoms with Crippen LogP contribution >= 0.6 is 0 Å². The number of carbonyl (C=O) groups is 3. The highest BCUT2D eigenvalue weighted by atomic mass is 16.4. The van der Waals surface area contributed by atoms with E-state index in [0.717, 1.165) is 0 Å². The number of aliphatic hydroxyl groups excluding tert-OH is 1. The molecule has 4 saturated carbocycles. The summed E-state index contributed by atoms with van der Waals surface area (Å²) in [7, 11) is 0. The average Bonchev–Trinajstić information content (AvgIpc) is 3.02. The van der Waals surface area contributed by atoms with Gasteiger partial charge in [-0.1, -0.05) is 6.42 Å². The van der Waals surface area contributed by atoms with Gasteiger partial charge >= 0.3 is 17.9 Å². The lowest BCUT2D eigenvalue weighted by Crippen LogP contribution is -2.55. The molecule has 0 saturated heterocycles. The van der Waals surface area contributed by atoms with Gasteiger partial charge in [-0.25, -0.2) is 0 Å². The van der Waals surface area contributed by atoms with Crippen molar-refractivity contribution in [2.24, 2.45) is 39.9 Å². The molecule has 156 valence electrons. The van der Waals surface area contributed by atoms with Crippen molar-refractivity contribution in [1.29, 1.82) is 0 Å². The van der Waals surface area contributed by atoms with Gasteiger partial charge in [0.15, 0.2) is 0 Å². The van der Waals surface area contributed by atoms with Crippen LogP contribution in [0.5, 0.6) is 0 Å². The molecule has 0 radical (unpaired) electrons. The molecule has 0 amide bonds. The van der Waals surface area contributed by atoms with Crippen LogP contribution in [-0.2, 0) is 14.4 Å². The van der Waals surface area contributed by atoms with Crippen LogP contribution in [0.25, 0.3) is 0 Å². The van der Waals surface area contributed by atoms with Gasteiger partial charge in [-0.15, -0.1) is 0 Å². The first kappa shape index (κ1) is 19.6. The van der Waals surface area contributed by atoms with Crippen LogP contribution < -0.4 is 0 Å². The van der Waals surface area contributed by atoms with E-state index in [1.165, 1.54) is 6.92 Å². The number of hydrogen-bond donors (Lipinski definition) is 5. The third-order valence-electron chi connectivity index (χ3n) is 9.05. The Morgan fingerprint density at radius 2 is 1.71 bits per heavy atom. The molecular formula is C20H28O8. The van der Waals surface area contributed by atoms with Crippen LogP contribution in [0.15, 0.2) is 0 Å². The molecule has 5 N–H and O–H groups in total. The maximum absolute atomic E-state index is 12.7. The van der Waals surface area contributed by atoms with Gasteiger partial charge in [-0.3, -0.25) is 14.4 Å². The predicted molar refractivity (Wildman–Crippen MR) is 94.2 cm³/mol. The fourth-order valence-electron chi connectivity index (χ4n) is 8.17. The lowest BCUT2D eigenvalue weighted by Gasteiger charge is -2.49. The summed E-state index contributed by atoms with van der Waals surface area (Å²) in [6.07, 6.45) is 2.21. The van der Waals surface area contributed by atoms with Crippen LogP contribution in [0.4, 0.5) is 0 Å². The van der Waals surface area contributed by atoms with Gasteiger partial charge in [0.1, 0.15) is 0 Å². The first-order chi connectivity index (χ1) is 13.0. The molecular weight excluding hydrogens is 368 g/mol. The van der Waals surface area contributed by atoms with E-state index in [4.69, 9.17) is 0 Å². The Hall–Kier alpha value is -1.67. The third kappa shape index (κ3) is 2.00. The van der Waals surface area contributed by atoms with E-state index in [1.807, 2.05) is 0 Å². The van der Waals surface area contributed by atoms with E-state index < -0.39 is 64.1 Å². The van der Waals surface area contributed by atoms with Crippen molar-refractivity contribution >= 4 is 17.9 Å². The number of carboxylic acids is 3. The van der Waals surface area contributed by atoms with Gasteiger partial charge in [-0.05, 0) is 62.7 Å². The van der Waals surface area contributed by atoms with E-state index in [9.17, 15) is 39.9 Å². The Kier molecular flexibility index (Phi) is 3.99. The van der Waals surface area contributed by atoms with Gasteiger partial charge in [0.05, 0.1) is 29.0 Å². The molecule has 8 heteroatoms. The lowest BCUT2D eigenvalue weighted by molar-refractivity contribution is -0.177. The Morgan fingerprint density at radius 3 is 2.25 bits per heavy atom. The van der Waals surface area contributed by atoms with E-state index in [2.05, 4.69) is 0 Å². The zero-order chi connectivity index (χ0) is 20.7. The zero-order valence-electron chi connectivity index (χ0n) is 15.9. The second-order valence-electron chi connectivity index (χ2n) is 9.92. The van der Waals surface area contributed by atoms with E-state index in [0.29, 0.717) is 25.7 Å². The van der Waals surface area contributed by atoms with Crippen molar-refractivity contribution in [3.63, 3.8) is 0 Å². The smallest absolute Gasteiger partial charge is 0.310 e. The van der Waals surface area contributed by atoms with Gasteiger partial charge in [0.2, 0.25) is 0 Å². The minimum Gasteiger partial charge on any atom is -0.481 e. The van der Waals surface area contributed by atoms with Crippen LogP contribution in [0.1, 0.15) is 51.9 Å². The molecule has 0 aromatic heterocycles. The quantitative estimate of drug-likeness (QED) is 0.475. The molecule has 28 heavy (non-hydrogen) atoms. The maximum atomic E-state index is 12.7. The second-order valence-corrected chi connectivity index (χ2v) is 9.92. The highest BCUT2D eigenvalue weighted by molar-refractivity contribution is 5.85. The second kappa shape index (κ2) is 5.69. The van der Waals surface area contributed by atoms with Crippen molar-refractivity contribution in [2.45, 2.75) is 57.5 Å². The van der Waals surface area contributed by atoms with Crippen molar-refractivity contribution in [2.75, 3.05) is 6.61 Å². The summed E-state index contributed by atoms with van der Waals surface area (Å²) in [6, 6.07) is 0. The first-order valence-corrected chi connectivity index (χ1v) is 10.0. The van der Waals surface area contributed by atoms with E-state index >= 15 is 0 Å². The number of carboxylic acid groups (broad SMARTS) is 3. The number of aliphatic hydroxyl groups is 2. The lowest BCUT2D eigenvalue weighted by atomic mass is 9.52. The number of rotatable bonds is 4. The Balaban J connectivity index is 1.98. The normalized spacial score (nSPS) is 52.0. The summed E-state index contributed by atoms with van der Waals surface area (Å²) in [6.45, 7) is 0.991. The first-order valence-electron chi connectivity index (χ1n) is 10.0. The molecule has 8 nitrogen and oxygen atoms in total. The van der Waals surface area contributed by atoms with Crippen LogP contribution in [0, 0.1) is 39.9 Å². The number of aliphatic carboxylic acids is 3. The summed E-state index contributed by atoms with van der Waals surface area (Å²) in [5, 5.41) is 51.4. The summed E-state index contributed by atoms with van der Waals surface area (Å²) >= 11 is 0. The SMILES string of the molecule is C[C@@]1(C(=O)O)CCC[C@@]2(C(=O)O)[C@@H]3CC[C@@H]4C[C@]3(C[C@]4(O)CO)[C@@H](C(=O)O)[C@@H]21. The molecule has 0 unspecified atom stereocenters. The van der Waals surface area contributed by atoms with E-state index in [1.54, 1.807) is 0 Å². The Morgan fingerprint density at radius 1 is 1.04 bits per heavy atom. The largest absolute Gasteiger partial charge is 0.481 e. The zero-order valence-corrected chi connectivity index (χ0v) is 15.9. The van der Waals surface area contributed by atoms with Crippen LogP contribution in [0.2, 0.25) is 0 Å². The standard InChI is InChI=1S/C20H28O8/c1-17(15(24)25)5-2-6-20(16(26)27)11-4-3-10-7-18(11,8-19(10,28)9-21)12(13(17)20)14(22)23/h10-13,21,28H,2-9H2,1H3,(H,22,23)(H,24,25)(H,26,27)/t10-,11-,12-,13-,17-,18-,19+,20-/m1/s1. The molecule has 4 rings (SSSR count). The average molecular weight is 396 g/mol. The molecule has 0 aliphatic heterocycles. The van der Waals surface area contributed by atoms with Crippen molar-refractivity contribution in [3.8, 4) is 0 Å². The van der Waals surface area contributed by atoms with Gasteiger partial charge in [-0.2, -0.15) is 0 Å². The molecule has 1 spiro atoms. The molecule has 2 bridgehead atoms. The minimum atomic E-state index is -1.46. The molecule has 4 aliphatic carbocycles. The summed E-state index contributed by atoms with van der Waals surface area (Å²) in [5.41, 5.74) is -5.33. The highest BCUT2D eigenvalue weighted by Crippen LogP contribution is 2.78. The molecule has 4 aliphatic rings. The van der Waals surface area contributed by atoms with E-state index in [-0.39, 0.29) is 25.2 Å². The minimum absolute atomic E-state index is 0.0179. The van der Waals surface area contributed by atoms with Crippen molar-refractivity contribution in [3.05, 3.63) is 0 Å². The molecule has 0 heterocycles. The summed E-state index contributed by atoms with van der Waals surface area (Å²) < 4.78 is 0. The molecule has 0 aromatic carbocycles. The predicted octanol–water partition coefficient (Wildman–Crippen LogP) is 1.19.